The molecule has 5 heteroatoms. The third-order valence-corrected chi connectivity index (χ3v) is 3.77. The van der Waals surface area contributed by atoms with Gasteiger partial charge in [0.15, 0.2) is 0 Å². The lowest BCUT2D eigenvalue weighted by molar-refractivity contribution is 0.479. The van der Waals surface area contributed by atoms with Crippen LogP contribution in [0.25, 0.3) is 0 Å². The van der Waals surface area contributed by atoms with Crippen molar-refractivity contribution in [1.82, 2.24) is 5.32 Å². The Morgan fingerprint density at radius 2 is 1.33 bits per heavy atom. The van der Waals surface area contributed by atoms with Crippen molar-refractivity contribution >= 4 is 10.1 Å². The van der Waals surface area contributed by atoms with E-state index in [4.69, 9.17) is 4.55 Å². The predicted molar refractivity (Wildman–Crippen MR) is 76.5 cm³/mol. The normalized spacial score (nSPS) is 11.9. The molecule has 0 aliphatic carbocycles. The number of unbranched alkanes of at least 4 members (excludes halogenated alkanes) is 7. The first-order valence-electron chi connectivity index (χ1n) is 7.22. The summed E-state index contributed by atoms with van der Waals surface area (Å²) in [5.41, 5.74) is 0. The molecule has 0 unspecified atom stereocenters. The predicted octanol–water partition coefficient (Wildman–Crippen LogP) is 2.99. The van der Waals surface area contributed by atoms with Gasteiger partial charge in [-0.25, -0.2) is 0 Å². The Labute approximate surface area is 112 Å². The van der Waals surface area contributed by atoms with Gasteiger partial charge >= 0.3 is 0 Å². The van der Waals surface area contributed by atoms with Crippen LogP contribution in [0.2, 0.25) is 0 Å². The van der Waals surface area contributed by atoms with Gasteiger partial charge in [0.25, 0.3) is 10.1 Å². The summed E-state index contributed by atoms with van der Waals surface area (Å²) in [6.45, 7) is 3.84. The van der Waals surface area contributed by atoms with E-state index >= 15 is 0 Å². The van der Waals surface area contributed by atoms with Gasteiger partial charge in [-0.2, -0.15) is 8.42 Å². The van der Waals surface area contributed by atoms with Crippen LogP contribution < -0.4 is 5.32 Å². The molecule has 0 spiro atoms. The fraction of sp³-hybridized carbons (Fsp3) is 1.00. The van der Waals surface area contributed by atoms with Crippen molar-refractivity contribution in [2.24, 2.45) is 0 Å². The van der Waals surface area contributed by atoms with E-state index in [1.165, 1.54) is 44.9 Å². The van der Waals surface area contributed by atoms with E-state index in [0.29, 0.717) is 13.0 Å². The highest BCUT2D eigenvalue weighted by molar-refractivity contribution is 7.85. The summed E-state index contributed by atoms with van der Waals surface area (Å²) < 4.78 is 29.4. The first-order chi connectivity index (χ1) is 8.56. The minimum Gasteiger partial charge on any atom is -0.317 e. The highest BCUT2D eigenvalue weighted by Crippen LogP contribution is 2.07. The zero-order valence-corrected chi connectivity index (χ0v) is 12.5. The molecular weight excluding hydrogens is 250 g/mol. The molecule has 0 aliphatic heterocycles. The smallest absolute Gasteiger partial charge is 0.264 e. The van der Waals surface area contributed by atoms with Crippen LogP contribution in [0.5, 0.6) is 0 Å². The summed E-state index contributed by atoms with van der Waals surface area (Å²) in [6, 6.07) is 0. The lowest BCUT2D eigenvalue weighted by Crippen LogP contribution is -2.19. The molecule has 0 saturated heterocycles. The quantitative estimate of drug-likeness (QED) is 0.402. The lowest BCUT2D eigenvalue weighted by Gasteiger charge is -2.04. The van der Waals surface area contributed by atoms with E-state index < -0.39 is 10.1 Å². The van der Waals surface area contributed by atoms with Gasteiger partial charge in [-0.3, -0.25) is 4.55 Å². The second kappa shape index (κ2) is 11.9. The standard InChI is InChI=1S/C13H29NO3S/c1-2-3-4-5-6-7-8-9-11-14-12-10-13-18(15,16)17/h14H,2-13H2,1H3,(H,15,16,17). The fourth-order valence-electron chi connectivity index (χ4n) is 1.89. The SMILES string of the molecule is CCCCCCCCCCNCCCS(=O)(=O)O. The van der Waals surface area contributed by atoms with E-state index in [1.54, 1.807) is 0 Å². The van der Waals surface area contributed by atoms with Crippen LogP contribution >= 0.6 is 0 Å². The molecule has 0 amide bonds. The zero-order valence-electron chi connectivity index (χ0n) is 11.7. The van der Waals surface area contributed by atoms with E-state index in [9.17, 15) is 8.42 Å². The highest BCUT2D eigenvalue weighted by Gasteiger charge is 2.02. The highest BCUT2D eigenvalue weighted by atomic mass is 32.2. The van der Waals surface area contributed by atoms with Crippen LogP contribution in [0, 0.1) is 0 Å². The van der Waals surface area contributed by atoms with Crippen molar-refractivity contribution in [3.63, 3.8) is 0 Å². The van der Waals surface area contributed by atoms with Gasteiger partial charge in [-0.15, -0.1) is 0 Å². The molecule has 0 aromatic rings. The molecule has 0 radical (unpaired) electrons. The van der Waals surface area contributed by atoms with Crippen LogP contribution in [0.15, 0.2) is 0 Å². The summed E-state index contributed by atoms with van der Waals surface area (Å²) in [7, 11) is -3.78. The molecule has 0 heterocycles. The Balaban J connectivity index is 3.03. The van der Waals surface area contributed by atoms with E-state index in [1.807, 2.05) is 0 Å². The van der Waals surface area contributed by atoms with Crippen molar-refractivity contribution in [2.45, 2.75) is 64.7 Å². The van der Waals surface area contributed by atoms with Crippen molar-refractivity contribution in [3.05, 3.63) is 0 Å². The molecule has 0 fully saturated rings. The Hall–Kier alpha value is -0.130. The Morgan fingerprint density at radius 3 is 1.89 bits per heavy atom. The van der Waals surface area contributed by atoms with Gasteiger partial charge in [-0.1, -0.05) is 51.9 Å². The maximum atomic E-state index is 10.4. The lowest BCUT2D eigenvalue weighted by atomic mass is 10.1. The minimum atomic E-state index is -3.78. The minimum absolute atomic E-state index is 0.141. The third kappa shape index (κ3) is 15.9. The van der Waals surface area contributed by atoms with Crippen LogP contribution in [-0.2, 0) is 10.1 Å². The molecule has 0 bridgehead atoms. The van der Waals surface area contributed by atoms with Crippen molar-refractivity contribution < 1.29 is 13.0 Å². The first kappa shape index (κ1) is 17.9. The number of hydrogen-bond donors (Lipinski definition) is 2. The molecule has 0 aliphatic rings. The Kier molecular flexibility index (Phi) is 11.8. The molecule has 4 nitrogen and oxygen atoms in total. The van der Waals surface area contributed by atoms with Crippen molar-refractivity contribution in [2.75, 3.05) is 18.8 Å². The molecular formula is C13H29NO3S. The number of hydrogen-bond acceptors (Lipinski definition) is 3. The summed E-state index contributed by atoms with van der Waals surface area (Å²) in [5, 5.41) is 3.19. The maximum absolute atomic E-state index is 10.4. The summed E-state index contributed by atoms with van der Waals surface area (Å²) in [5.74, 6) is -0.141. The van der Waals surface area contributed by atoms with Crippen LogP contribution in [0.1, 0.15) is 64.7 Å². The molecule has 0 saturated carbocycles. The van der Waals surface area contributed by atoms with Gasteiger partial charge in [0.2, 0.25) is 0 Å². The second-order valence-electron chi connectivity index (χ2n) is 4.86. The monoisotopic (exact) mass is 279 g/mol. The third-order valence-electron chi connectivity index (χ3n) is 2.96. The van der Waals surface area contributed by atoms with Gasteiger partial charge < -0.3 is 5.32 Å². The largest absolute Gasteiger partial charge is 0.317 e. The molecule has 0 atom stereocenters. The van der Waals surface area contributed by atoms with E-state index in [-0.39, 0.29) is 5.75 Å². The topological polar surface area (TPSA) is 66.4 Å². The second-order valence-corrected chi connectivity index (χ2v) is 6.44. The van der Waals surface area contributed by atoms with Crippen LogP contribution in [0.3, 0.4) is 0 Å². The summed E-state index contributed by atoms with van der Waals surface area (Å²) in [6.07, 6.45) is 10.9. The maximum Gasteiger partial charge on any atom is 0.264 e. The van der Waals surface area contributed by atoms with Gasteiger partial charge in [0, 0.05) is 0 Å². The summed E-state index contributed by atoms with van der Waals surface area (Å²) >= 11 is 0. The first-order valence-corrected chi connectivity index (χ1v) is 8.83. The van der Waals surface area contributed by atoms with Crippen molar-refractivity contribution in [3.8, 4) is 0 Å². The van der Waals surface area contributed by atoms with E-state index in [0.717, 1.165) is 13.0 Å². The van der Waals surface area contributed by atoms with Gasteiger partial charge in [0.05, 0.1) is 5.75 Å². The molecule has 110 valence electrons. The Bertz CT molecular complexity index is 265. The molecule has 0 aromatic carbocycles. The zero-order chi connectivity index (χ0) is 13.7. The molecule has 2 N–H and O–H groups in total. The fourth-order valence-corrected chi connectivity index (χ4v) is 2.40. The van der Waals surface area contributed by atoms with Gasteiger partial charge in [0.1, 0.15) is 0 Å². The molecule has 0 aromatic heterocycles. The Morgan fingerprint density at radius 1 is 0.833 bits per heavy atom. The average Bonchev–Trinajstić information content (AvgIpc) is 2.29. The van der Waals surface area contributed by atoms with Crippen LogP contribution in [0.4, 0.5) is 0 Å². The van der Waals surface area contributed by atoms with Crippen LogP contribution in [-0.4, -0.2) is 31.8 Å². The van der Waals surface area contributed by atoms with Gasteiger partial charge in [-0.05, 0) is 25.9 Å². The molecule has 0 rings (SSSR count). The average molecular weight is 279 g/mol. The summed E-state index contributed by atoms with van der Waals surface area (Å²) in [4.78, 5) is 0. The van der Waals surface area contributed by atoms with Crippen molar-refractivity contribution in [1.29, 1.82) is 0 Å². The van der Waals surface area contributed by atoms with E-state index in [2.05, 4.69) is 12.2 Å². The number of nitrogens with one attached hydrogen (secondary N) is 1. The number of rotatable bonds is 13. The molecule has 18 heavy (non-hydrogen) atoms.